The van der Waals surface area contributed by atoms with E-state index in [0.717, 1.165) is 16.3 Å². The van der Waals surface area contributed by atoms with Gasteiger partial charge in [0.1, 0.15) is 17.7 Å². The van der Waals surface area contributed by atoms with Gasteiger partial charge in [0.15, 0.2) is 17.4 Å². The molecule has 246 valence electrons. The van der Waals surface area contributed by atoms with Gasteiger partial charge in [-0.15, -0.1) is 0 Å². The van der Waals surface area contributed by atoms with Gasteiger partial charge in [-0.3, -0.25) is 23.6 Å². The molecule has 0 aromatic carbocycles. The Labute approximate surface area is 257 Å². The molecule has 5 atom stereocenters. The van der Waals surface area contributed by atoms with E-state index in [4.69, 9.17) is 24.5 Å². The van der Waals surface area contributed by atoms with Crippen LogP contribution >= 0.6 is 18.1 Å². The van der Waals surface area contributed by atoms with Gasteiger partial charge in [0.25, 0.3) is 5.91 Å². The summed E-state index contributed by atoms with van der Waals surface area (Å²) in [7, 11) is 4.17. The highest BCUT2D eigenvalue weighted by Gasteiger charge is 2.43. The Morgan fingerprint density at radius 2 is 1.93 bits per heavy atom. The molecule has 20 heteroatoms. The number of likely N-dealkylation sites (N-methyl/N-ethyl adjacent to an activating group) is 2. The molecule has 44 heavy (non-hydrogen) atoms. The number of methoxy groups -OCH3 is 1. The number of nitrogens with zero attached hydrogens (tertiary/aromatic N) is 6. The van der Waals surface area contributed by atoms with E-state index in [9.17, 15) is 29.2 Å². The molecule has 2 aromatic rings. The molecule has 3 heterocycles. The van der Waals surface area contributed by atoms with E-state index in [-0.39, 0.29) is 42.0 Å². The van der Waals surface area contributed by atoms with Crippen molar-refractivity contribution in [3.63, 3.8) is 0 Å². The van der Waals surface area contributed by atoms with Crippen LogP contribution in [0.15, 0.2) is 6.33 Å². The van der Waals surface area contributed by atoms with Crippen molar-refractivity contribution < 1.29 is 47.9 Å². The van der Waals surface area contributed by atoms with Gasteiger partial charge in [-0.2, -0.15) is 9.97 Å². The molecule has 0 bridgehead atoms. The maximum atomic E-state index is 13.9. The number of nitrogens with one attached hydrogen (secondary N) is 1. The molecule has 0 saturated carbocycles. The number of hydrogen-bond acceptors (Lipinski definition) is 15. The summed E-state index contributed by atoms with van der Waals surface area (Å²) in [6.07, 6.45) is -0.406. The minimum absolute atomic E-state index is 0.0883. The smallest absolute Gasteiger partial charge is 0.327 e. The summed E-state index contributed by atoms with van der Waals surface area (Å²) >= 11 is 0.740. The molecule has 1 saturated heterocycles. The Kier molecular flexibility index (Phi) is 11.6. The Morgan fingerprint density at radius 3 is 2.50 bits per heavy atom. The van der Waals surface area contributed by atoms with Crippen molar-refractivity contribution in [1.29, 1.82) is 0 Å². The summed E-state index contributed by atoms with van der Waals surface area (Å²) < 4.78 is 37.3. The Bertz CT molecular complexity index is 1410. The van der Waals surface area contributed by atoms with Crippen molar-refractivity contribution in [3.8, 4) is 5.88 Å². The van der Waals surface area contributed by atoms with Crippen LogP contribution in [0.1, 0.15) is 33.9 Å². The van der Waals surface area contributed by atoms with Gasteiger partial charge in [-0.25, -0.2) is 14.9 Å². The topological polar surface area (TPSA) is 234 Å². The van der Waals surface area contributed by atoms with Crippen molar-refractivity contribution in [2.45, 2.75) is 57.7 Å². The van der Waals surface area contributed by atoms with Crippen molar-refractivity contribution in [1.82, 2.24) is 34.4 Å². The average molecular weight is 663 g/mol. The first kappa shape index (κ1) is 35.4. The van der Waals surface area contributed by atoms with Gasteiger partial charge in [0, 0.05) is 19.8 Å². The zero-order chi connectivity index (χ0) is 33.0. The van der Waals surface area contributed by atoms with Gasteiger partial charge >= 0.3 is 18.7 Å². The van der Waals surface area contributed by atoms with Gasteiger partial charge in [-0.05, 0) is 27.7 Å². The molecule has 3 amide bonds. The zero-order valence-corrected chi connectivity index (χ0v) is 27.2. The number of imidazole rings is 1. The number of rotatable bonds is 16. The highest BCUT2D eigenvalue weighted by molar-refractivity contribution is 8.56. The standard InChI is InChI=1S/C24H39N8O10PS/c1-13(2)42-20(35)14(3)29-43(38,44-10-15-19(34)31(6)23(36)30(15)5)41-9-8-40-21(24(4,37)11-33)32-12-26-16-17(32)27-22(25)28-18(16)39-7/h12-15,21,33,37H,8-11H2,1-7H3,(H,29,38)(H2,25,27,28)/t14-,15+,21-,24-,43+/m1/s1. The summed E-state index contributed by atoms with van der Waals surface area (Å²) in [5.41, 5.74) is 4.31. The highest BCUT2D eigenvalue weighted by Crippen LogP contribution is 2.57. The predicted octanol–water partition coefficient (Wildman–Crippen LogP) is 0.356. The number of anilines is 1. The summed E-state index contributed by atoms with van der Waals surface area (Å²) in [6.45, 7) is 0.818. The number of nitrogen functional groups attached to an aromatic ring is 1. The second-order valence-electron chi connectivity index (χ2n) is 10.4. The molecule has 1 aliphatic rings. The average Bonchev–Trinajstić information content (AvgIpc) is 3.45. The first-order valence-electron chi connectivity index (χ1n) is 13.5. The van der Waals surface area contributed by atoms with E-state index >= 15 is 0 Å². The molecule has 3 rings (SSSR count). The van der Waals surface area contributed by atoms with Crippen LogP contribution in [0.3, 0.4) is 0 Å². The number of carbonyl (C=O) groups excluding carboxylic acids is 3. The number of imide groups is 1. The molecule has 0 radical (unpaired) electrons. The molecule has 0 unspecified atom stereocenters. The van der Waals surface area contributed by atoms with E-state index in [2.05, 4.69) is 20.0 Å². The number of aliphatic hydroxyl groups excluding tert-OH is 1. The van der Waals surface area contributed by atoms with Crippen molar-refractivity contribution in [2.75, 3.05) is 52.5 Å². The number of urea groups is 1. The van der Waals surface area contributed by atoms with Crippen molar-refractivity contribution in [2.24, 2.45) is 0 Å². The number of aromatic nitrogens is 4. The molecule has 0 spiro atoms. The van der Waals surface area contributed by atoms with E-state index in [0.29, 0.717) is 0 Å². The fraction of sp³-hybridized carbons (Fsp3) is 0.667. The van der Waals surface area contributed by atoms with Gasteiger partial charge < -0.3 is 39.6 Å². The van der Waals surface area contributed by atoms with E-state index < -0.39 is 61.3 Å². The quantitative estimate of drug-likeness (QED) is 0.0822. The van der Waals surface area contributed by atoms with Crippen LogP contribution in [0.25, 0.3) is 11.2 Å². The fourth-order valence-electron chi connectivity index (χ4n) is 4.12. The minimum atomic E-state index is -3.95. The third-order valence-electron chi connectivity index (χ3n) is 6.46. The lowest BCUT2D eigenvalue weighted by atomic mass is 10.1. The number of carbonyl (C=O) groups is 3. The maximum Gasteiger partial charge on any atom is 0.327 e. The van der Waals surface area contributed by atoms with Gasteiger partial charge in [0.05, 0.1) is 39.4 Å². The Morgan fingerprint density at radius 1 is 1.25 bits per heavy atom. The number of amides is 3. The fourth-order valence-corrected chi connectivity index (χ4v) is 8.10. The first-order valence-corrected chi connectivity index (χ1v) is 16.7. The molecule has 1 aliphatic heterocycles. The summed E-state index contributed by atoms with van der Waals surface area (Å²) in [4.78, 5) is 51.7. The summed E-state index contributed by atoms with van der Waals surface area (Å²) in [5.74, 6) is -1.29. The second-order valence-corrected chi connectivity index (χ2v) is 14.7. The molecule has 1 fully saturated rings. The Hall–Kier alpha value is -3.06. The number of hydrogen-bond donors (Lipinski definition) is 4. The van der Waals surface area contributed by atoms with E-state index in [1.807, 2.05) is 0 Å². The normalized spacial score (nSPS) is 19.7. The maximum absolute atomic E-state index is 13.9. The summed E-state index contributed by atoms with van der Waals surface area (Å²) in [6, 6.07) is -2.47. The van der Waals surface area contributed by atoms with Crippen molar-refractivity contribution >= 4 is 53.1 Å². The number of aliphatic hydroxyl groups is 2. The molecule has 2 aromatic heterocycles. The number of fused-ring (bicyclic) bond motifs is 1. The second kappa shape index (κ2) is 14.4. The molecule has 5 N–H and O–H groups in total. The highest BCUT2D eigenvalue weighted by atomic mass is 32.7. The Balaban J connectivity index is 1.79. The van der Waals surface area contributed by atoms with Crippen LogP contribution < -0.4 is 15.6 Å². The zero-order valence-electron chi connectivity index (χ0n) is 25.5. The largest absolute Gasteiger partial charge is 0.479 e. The first-order chi connectivity index (χ1) is 20.5. The predicted molar refractivity (Wildman–Crippen MR) is 159 cm³/mol. The SMILES string of the molecule is COc1nc(N)nc2c1ncn2[C@H](OCCO[P@@](=O)(N[C@H](C)C(=O)OC(C)C)SC[C@H]1C(=O)N(C)C(=O)N1C)[C@](C)(O)CO. The van der Waals surface area contributed by atoms with Crippen LogP contribution in [-0.2, 0) is 28.2 Å². The molecular weight excluding hydrogens is 623 g/mol. The van der Waals surface area contributed by atoms with Gasteiger partial charge in [-0.1, -0.05) is 11.4 Å². The molecule has 18 nitrogen and oxygen atoms in total. The lowest BCUT2D eigenvalue weighted by molar-refractivity contribution is -0.158. The summed E-state index contributed by atoms with van der Waals surface area (Å²) in [5, 5.41) is 23.5. The lowest BCUT2D eigenvalue weighted by Crippen LogP contribution is -2.42. The number of nitrogens with two attached hydrogens (primary N) is 1. The number of ether oxygens (including phenoxy) is 3. The van der Waals surface area contributed by atoms with E-state index in [1.165, 1.54) is 50.8 Å². The van der Waals surface area contributed by atoms with Crippen LogP contribution in [0.2, 0.25) is 0 Å². The van der Waals surface area contributed by atoms with Gasteiger partial charge in [0.2, 0.25) is 11.8 Å². The minimum Gasteiger partial charge on any atom is -0.479 e. The third-order valence-corrected chi connectivity index (χ3v) is 10.6. The van der Waals surface area contributed by atoms with Crippen LogP contribution in [0.5, 0.6) is 5.88 Å². The van der Waals surface area contributed by atoms with E-state index in [1.54, 1.807) is 13.8 Å². The number of esters is 1. The van der Waals surface area contributed by atoms with Crippen LogP contribution in [0, 0.1) is 0 Å². The third kappa shape index (κ3) is 7.96. The van der Waals surface area contributed by atoms with Crippen LogP contribution in [0.4, 0.5) is 10.7 Å². The monoisotopic (exact) mass is 662 g/mol. The van der Waals surface area contributed by atoms with Crippen LogP contribution in [-0.4, -0.2) is 128 Å². The molecular formula is C24H39N8O10PS. The molecule has 0 aliphatic carbocycles. The lowest BCUT2D eigenvalue weighted by Gasteiger charge is -2.32. The van der Waals surface area contributed by atoms with Crippen molar-refractivity contribution in [3.05, 3.63) is 6.33 Å².